The molecule has 2 aromatic carbocycles. The minimum atomic E-state index is 0.286. The molecule has 0 aliphatic rings. The molecular weight excluding hydrogens is 370 g/mol. The third kappa shape index (κ3) is 3.63. The van der Waals surface area contributed by atoms with Gasteiger partial charge in [0.25, 0.3) is 0 Å². The fraction of sp³-hybridized carbons (Fsp3) is 0. The first-order chi connectivity index (χ1) is 12.8. The van der Waals surface area contributed by atoms with Crippen molar-refractivity contribution in [2.24, 2.45) is 15.3 Å². The largest absolute Gasteiger partial charge is 0.461 e. The summed E-state index contributed by atoms with van der Waals surface area (Å²) in [6.45, 7) is 0. The second-order valence-electron chi connectivity index (χ2n) is 5.17. The van der Waals surface area contributed by atoms with Crippen molar-refractivity contribution in [1.82, 2.24) is 4.98 Å². The van der Waals surface area contributed by atoms with E-state index in [0.29, 0.717) is 21.6 Å². The van der Waals surface area contributed by atoms with Crippen LogP contribution in [0.15, 0.2) is 86.7 Å². The zero-order chi connectivity index (χ0) is 17.8. The number of hydrogen-bond acceptors (Lipinski definition) is 6. The maximum absolute atomic E-state index is 6.13. The highest BCUT2D eigenvalue weighted by atomic mass is 35.5. The minimum Gasteiger partial charge on any atom is -0.461 e. The van der Waals surface area contributed by atoms with Gasteiger partial charge in [-0.25, -0.2) is 4.98 Å². The molecular formula is C18H12ClN5OS. The molecule has 26 heavy (non-hydrogen) atoms. The van der Waals surface area contributed by atoms with Gasteiger partial charge in [-0.05, 0) is 36.4 Å². The third-order valence-corrected chi connectivity index (χ3v) is 4.66. The Morgan fingerprint density at radius 2 is 1.88 bits per heavy atom. The van der Waals surface area contributed by atoms with Crippen LogP contribution in [0.1, 0.15) is 5.76 Å². The molecule has 0 saturated heterocycles. The van der Waals surface area contributed by atoms with Crippen molar-refractivity contribution in [1.29, 1.82) is 0 Å². The summed E-state index contributed by atoms with van der Waals surface area (Å²) in [6.07, 6.45) is 1.55. The summed E-state index contributed by atoms with van der Waals surface area (Å²) in [6, 6.07) is 18.6. The molecule has 0 aliphatic heterocycles. The Balaban J connectivity index is 1.63. The van der Waals surface area contributed by atoms with Gasteiger partial charge in [0.1, 0.15) is 0 Å². The number of nitrogens with one attached hydrogen (secondary N) is 1. The van der Waals surface area contributed by atoms with Crippen molar-refractivity contribution in [3.63, 3.8) is 0 Å². The van der Waals surface area contributed by atoms with Crippen LogP contribution < -0.4 is 5.43 Å². The van der Waals surface area contributed by atoms with Crippen LogP contribution in [0, 0.1) is 0 Å². The molecule has 0 saturated carbocycles. The molecule has 0 unspecified atom stereocenters. The number of anilines is 1. The number of furan rings is 1. The highest BCUT2D eigenvalue weighted by Crippen LogP contribution is 2.28. The molecule has 0 spiro atoms. The predicted octanol–water partition coefficient (Wildman–Crippen LogP) is 6.10. The van der Waals surface area contributed by atoms with Gasteiger partial charge in [-0.2, -0.15) is 0 Å². The van der Waals surface area contributed by atoms with E-state index in [2.05, 4.69) is 25.7 Å². The molecule has 0 aliphatic carbocycles. The number of hydrogen-bond donors (Lipinski definition) is 1. The molecule has 0 bridgehead atoms. The van der Waals surface area contributed by atoms with E-state index < -0.39 is 0 Å². The number of aromatic nitrogens is 1. The summed E-state index contributed by atoms with van der Waals surface area (Å²) in [5.41, 5.74) is 4.44. The standard InChI is InChI=1S/C18H12ClN5OS/c19-12-6-1-2-7-13(12)21-22-17(15-9-5-11-25-15)23-24-18-20-14-8-3-4-10-16(14)26-18/h1-11,21H/b22-17+,24-23?. The number of para-hydroxylation sites is 2. The van der Waals surface area contributed by atoms with Crippen molar-refractivity contribution in [2.45, 2.75) is 0 Å². The third-order valence-electron chi connectivity index (χ3n) is 3.41. The van der Waals surface area contributed by atoms with Gasteiger partial charge in [-0.15, -0.1) is 15.3 Å². The topological polar surface area (TPSA) is 75.1 Å². The van der Waals surface area contributed by atoms with Crippen molar-refractivity contribution in [2.75, 3.05) is 5.43 Å². The molecule has 4 rings (SSSR count). The van der Waals surface area contributed by atoms with Gasteiger partial charge in [0, 0.05) is 0 Å². The van der Waals surface area contributed by atoms with Crippen LogP contribution in [0.25, 0.3) is 10.2 Å². The summed E-state index contributed by atoms with van der Waals surface area (Å²) in [5.74, 6) is 0.767. The number of nitrogens with zero attached hydrogens (tertiary/aromatic N) is 4. The van der Waals surface area contributed by atoms with E-state index in [4.69, 9.17) is 16.0 Å². The van der Waals surface area contributed by atoms with E-state index in [1.807, 2.05) is 42.5 Å². The molecule has 0 radical (unpaired) electrons. The molecule has 0 atom stereocenters. The van der Waals surface area contributed by atoms with Gasteiger partial charge in [-0.1, -0.05) is 47.2 Å². The van der Waals surface area contributed by atoms with Crippen LogP contribution in [0.2, 0.25) is 5.02 Å². The monoisotopic (exact) mass is 381 g/mol. The Kier molecular flexibility index (Phi) is 4.72. The smallest absolute Gasteiger partial charge is 0.236 e. The predicted molar refractivity (Wildman–Crippen MR) is 104 cm³/mol. The highest BCUT2D eigenvalue weighted by Gasteiger charge is 2.08. The number of fused-ring (bicyclic) bond motifs is 1. The molecule has 8 heteroatoms. The molecule has 4 aromatic rings. The Morgan fingerprint density at radius 1 is 1.04 bits per heavy atom. The molecule has 128 valence electrons. The quantitative estimate of drug-likeness (QED) is 0.201. The lowest BCUT2D eigenvalue weighted by Gasteiger charge is -2.03. The van der Waals surface area contributed by atoms with Gasteiger partial charge in [-0.3, -0.25) is 5.43 Å². The number of thiazole rings is 1. The van der Waals surface area contributed by atoms with Gasteiger partial charge in [0.05, 0.1) is 27.2 Å². The van der Waals surface area contributed by atoms with E-state index >= 15 is 0 Å². The summed E-state index contributed by atoms with van der Waals surface area (Å²) < 4.78 is 6.44. The van der Waals surface area contributed by atoms with Gasteiger partial charge < -0.3 is 4.42 Å². The zero-order valence-electron chi connectivity index (χ0n) is 13.3. The molecule has 2 aromatic heterocycles. The van der Waals surface area contributed by atoms with E-state index in [-0.39, 0.29) is 5.84 Å². The first-order valence-electron chi connectivity index (χ1n) is 7.69. The lowest BCUT2D eigenvalue weighted by molar-refractivity contribution is 0.556. The fourth-order valence-corrected chi connectivity index (χ4v) is 3.16. The van der Waals surface area contributed by atoms with Gasteiger partial charge in [0.15, 0.2) is 5.76 Å². The zero-order valence-corrected chi connectivity index (χ0v) is 14.9. The molecule has 2 heterocycles. The van der Waals surface area contributed by atoms with Crippen LogP contribution in [-0.2, 0) is 0 Å². The molecule has 1 N–H and O–H groups in total. The maximum atomic E-state index is 6.13. The second kappa shape index (κ2) is 7.47. The molecule has 0 fully saturated rings. The first-order valence-corrected chi connectivity index (χ1v) is 8.88. The highest BCUT2D eigenvalue weighted by molar-refractivity contribution is 7.21. The Bertz CT molecular complexity index is 1050. The maximum Gasteiger partial charge on any atom is 0.236 e. The number of azo groups is 1. The Hall–Kier alpha value is -3.03. The molecule has 0 amide bonds. The minimum absolute atomic E-state index is 0.286. The SMILES string of the molecule is Clc1ccccc1N/N=C(/N=Nc1nc2ccccc2s1)c1ccco1. The van der Waals surface area contributed by atoms with Crippen LogP contribution in [-0.4, -0.2) is 10.8 Å². The van der Waals surface area contributed by atoms with Crippen LogP contribution >= 0.6 is 22.9 Å². The summed E-state index contributed by atoms with van der Waals surface area (Å²) in [7, 11) is 0. The summed E-state index contributed by atoms with van der Waals surface area (Å²) in [4.78, 5) is 4.43. The number of rotatable bonds is 4. The van der Waals surface area contributed by atoms with E-state index in [0.717, 1.165) is 10.2 Å². The Labute approximate surface area is 157 Å². The average Bonchev–Trinajstić information content (AvgIpc) is 3.32. The van der Waals surface area contributed by atoms with Crippen LogP contribution in [0.4, 0.5) is 10.8 Å². The summed E-state index contributed by atoms with van der Waals surface area (Å²) in [5, 5.41) is 13.8. The van der Waals surface area contributed by atoms with Crippen molar-refractivity contribution >= 4 is 49.8 Å². The van der Waals surface area contributed by atoms with Gasteiger partial charge >= 0.3 is 0 Å². The van der Waals surface area contributed by atoms with Gasteiger partial charge in [0.2, 0.25) is 11.0 Å². The lowest BCUT2D eigenvalue weighted by Crippen LogP contribution is -2.00. The van der Waals surface area contributed by atoms with E-state index in [9.17, 15) is 0 Å². The van der Waals surface area contributed by atoms with E-state index in [1.165, 1.54) is 11.3 Å². The Morgan fingerprint density at radius 3 is 2.69 bits per heavy atom. The lowest BCUT2D eigenvalue weighted by atomic mass is 10.3. The van der Waals surface area contributed by atoms with E-state index in [1.54, 1.807) is 24.5 Å². The van der Waals surface area contributed by atoms with Crippen LogP contribution in [0.3, 0.4) is 0 Å². The number of amidine groups is 1. The van der Waals surface area contributed by atoms with Crippen molar-refractivity contribution in [3.05, 3.63) is 77.7 Å². The van der Waals surface area contributed by atoms with Crippen molar-refractivity contribution < 1.29 is 4.42 Å². The first kappa shape index (κ1) is 16.4. The van der Waals surface area contributed by atoms with Crippen molar-refractivity contribution in [3.8, 4) is 0 Å². The van der Waals surface area contributed by atoms with Crippen LogP contribution in [0.5, 0.6) is 0 Å². The number of benzene rings is 2. The fourth-order valence-electron chi connectivity index (χ4n) is 2.19. The molecule has 6 nitrogen and oxygen atoms in total. The second-order valence-corrected chi connectivity index (χ2v) is 6.58. The number of hydrazone groups is 1. The summed E-state index contributed by atoms with van der Waals surface area (Å²) >= 11 is 7.59. The normalized spacial score (nSPS) is 12.1. The number of halogens is 1. The average molecular weight is 382 g/mol.